The van der Waals surface area contributed by atoms with Crippen molar-refractivity contribution in [2.75, 3.05) is 20.3 Å². The van der Waals surface area contributed by atoms with Crippen molar-refractivity contribution < 1.29 is 4.74 Å². The second-order valence-corrected chi connectivity index (χ2v) is 4.52. The fourth-order valence-electron chi connectivity index (χ4n) is 1.36. The molecule has 0 saturated heterocycles. The molecule has 3 heteroatoms. The third-order valence-electron chi connectivity index (χ3n) is 2.51. The molecule has 0 fully saturated rings. The topological polar surface area (TPSA) is 21.3 Å². The lowest BCUT2D eigenvalue weighted by Crippen LogP contribution is -2.33. The van der Waals surface area contributed by atoms with Crippen LogP contribution in [0.15, 0.2) is 17.5 Å². The summed E-state index contributed by atoms with van der Waals surface area (Å²) in [5.74, 6) is 0.576. The number of methoxy groups -OCH3 is 1. The Bertz CT molecular complexity index is 235. The Morgan fingerprint density at radius 2 is 2.29 bits per heavy atom. The van der Waals surface area contributed by atoms with E-state index >= 15 is 0 Å². The van der Waals surface area contributed by atoms with Gasteiger partial charge in [0, 0.05) is 30.5 Å². The fourth-order valence-corrected chi connectivity index (χ4v) is 2.25. The van der Waals surface area contributed by atoms with Crippen LogP contribution < -0.4 is 5.32 Å². The van der Waals surface area contributed by atoms with Crippen LogP contribution in [-0.2, 0) is 4.74 Å². The first-order valence-corrected chi connectivity index (χ1v) is 5.89. The Labute approximate surface area is 90.3 Å². The van der Waals surface area contributed by atoms with Crippen LogP contribution in [-0.4, -0.2) is 26.3 Å². The third kappa shape index (κ3) is 3.40. The predicted octanol–water partition coefficient (Wildman–Crippen LogP) is 2.48. The van der Waals surface area contributed by atoms with Gasteiger partial charge in [-0.25, -0.2) is 0 Å². The fraction of sp³-hybridized carbons (Fsp3) is 0.636. The monoisotopic (exact) mass is 213 g/mol. The van der Waals surface area contributed by atoms with Crippen LogP contribution in [0.3, 0.4) is 0 Å². The summed E-state index contributed by atoms with van der Waals surface area (Å²) in [7, 11) is 1.73. The third-order valence-corrected chi connectivity index (χ3v) is 3.59. The summed E-state index contributed by atoms with van der Waals surface area (Å²) in [4.78, 5) is 1.45. The molecule has 1 aromatic rings. The zero-order chi connectivity index (χ0) is 10.4. The van der Waals surface area contributed by atoms with E-state index in [0.717, 1.165) is 13.2 Å². The average Bonchev–Trinajstić information content (AvgIpc) is 2.69. The van der Waals surface area contributed by atoms with Gasteiger partial charge >= 0.3 is 0 Å². The van der Waals surface area contributed by atoms with E-state index in [2.05, 4.69) is 36.7 Å². The number of nitrogens with one attached hydrogen (secondary N) is 1. The molecule has 0 aliphatic rings. The van der Waals surface area contributed by atoms with Gasteiger partial charge < -0.3 is 10.1 Å². The summed E-state index contributed by atoms with van der Waals surface area (Å²) < 4.78 is 5.00. The Kier molecular flexibility index (Phi) is 5.15. The van der Waals surface area contributed by atoms with Crippen molar-refractivity contribution in [3.63, 3.8) is 0 Å². The minimum absolute atomic E-state index is 0.504. The van der Waals surface area contributed by atoms with E-state index in [4.69, 9.17) is 4.74 Å². The highest BCUT2D eigenvalue weighted by Gasteiger charge is 2.13. The molecule has 2 atom stereocenters. The molecule has 1 N–H and O–H groups in total. The van der Waals surface area contributed by atoms with Gasteiger partial charge in [-0.1, -0.05) is 13.0 Å². The number of ether oxygens (including phenoxy) is 1. The number of thiophene rings is 1. The smallest absolute Gasteiger partial charge is 0.0587 e. The molecule has 0 spiro atoms. The van der Waals surface area contributed by atoms with Gasteiger partial charge in [-0.3, -0.25) is 0 Å². The van der Waals surface area contributed by atoms with E-state index in [1.807, 2.05) is 11.3 Å². The normalized spacial score (nSPS) is 15.4. The molecule has 1 rings (SSSR count). The molecule has 0 radical (unpaired) electrons. The van der Waals surface area contributed by atoms with Gasteiger partial charge in [0.25, 0.3) is 0 Å². The molecule has 0 saturated carbocycles. The van der Waals surface area contributed by atoms with Gasteiger partial charge in [0.15, 0.2) is 0 Å². The van der Waals surface area contributed by atoms with Gasteiger partial charge in [-0.05, 0) is 18.4 Å². The average molecular weight is 213 g/mol. The van der Waals surface area contributed by atoms with Crippen LogP contribution in [0.25, 0.3) is 0 Å². The maximum absolute atomic E-state index is 5.00. The number of rotatable bonds is 6. The first-order chi connectivity index (χ1) is 6.75. The van der Waals surface area contributed by atoms with Crippen molar-refractivity contribution in [2.24, 2.45) is 0 Å². The van der Waals surface area contributed by atoms with Gasteiger partial charge in [-0.2, -0.15) is 0 Å². The SMILES string of the molecule is COCCNC(C)C(C)c1cccs1. The maximum Gasteiger partial charge on any atom is 0.0587 e. The Balaban J connectivity index is 2.33. The highest BCUT2D eigenvalue weighted by molar-refractivity contribution is 7.10. The van der Waals surface area contributed by atoms with Crippen molar-refractivity contribution in [1.82, 2.24) is 5.32 Å². The molecular weight excluding hydrogens is 194 g/mol. The summed E-state index contributed by atoms with van der Waals surface area (Å²) in [5.41, 5.74) is 0. The minimum atomic E-state index is 0.504. The lowest BCUT2D eigenvalue weighted by atomic mass is 10.0. The van der Waals surface area contributed by atoms with E-state index in [1.54, 1.807) is 7.11 Å². The number of hydrogen-bond donors (Lipinski definition) is 1. The minimum Gasteiger partial charge on any atom is -0.383 e. The molecular formula is C11H19NOS. The maximum atomic E-state index is 5.00. The van der Waals surface area contributed by atoms with Gasteiger partial charge in [0.05, 0.1) is 6.61 Å². The number of hydrogen-bond acceptors (Lipinski definition) is 3. The van der Waals surface area contributed by atoms with Crippen LogP contribution in [0.4, 0.5) is 0 Å². The zero-order valence-electron chi connectivity index (χ0n) is 9.12. The van der Waals surface area contributed by atoms with Gasteiger partial charge in [0.2, 0.25) is 0 Å². The molecule has 1 aromatic heterocycles. The van der Waals surface area contributed by atoms with Crippen LogP contribution in [0.2, 0.25) is 0 Å². The Morgan fingerprint density at radius 1 is 1.50 bits per heavy atom. The molecule has 0 bridgehead atoms. The molecule has 0 amide bonds. The van der Waals surface area contributed by atoms with Crippen LogP contribution in [0, 0.1) is 0 Å². The van der Waals surface area contributed by atoms with Gasteiger partial charge in [0.1, 0.15) is 0 Å². The molecule has 1 heterocycles. The summed E-state index contributed by atoms with van der Waals surface area (Å²) in [5, 5.41) is 5.59. The first kappa shape index (κ1) is 11.7. The highest BCUT2D eigenvalue weighted by atomic mass is 32.1. The predicted molar refractivity (Wildman–Crippen MR) is 62.1 cm³/mol. The molecule has 2 nitrogen and oxygen atoms in total. The van der Waals surface area contributed by atoms with E-state index < -0.39 is 0 Å². The Morgan fingerprint density at radius 3 is 2.86 bits per heavy atom. The Hall–Kier alpha value is -0.380. The van der Waals surface area contributed by atoms with Crippen molar-refractivity contribution in [3.05, 3.63) is 22.4 Å². The van der Waals surface area contributed by atoms with Crippen LogP contribution in [0.5, 0.6) is 0 Å². The summed E-state index contributed by atoms with van der Waals surface area (Å²) in [6, 6.07) is 4.81. The summed E-state index contributed by atoms with van der Waals surface area (Å²) >= 11 is 1.83. The summed E-state index contributed by atoms with van der Waals surface area (Å²) in [6.45, 7) is 6.19. The van der Waals surface area contributed by atoms with Crippen LogP contribution in [0.1, 0.15) is 24.6 Å². The van der Waals surface area contributed by atoms with E-state index in [9.17, 15) is 0 Å². The molecule has 0 aromatic carbocycles. The van der Waals surface area contributed by atoms with Crippen molar-refractivity contribution in [1.29, 1.82) is 0 Å². The molecule has 2 unspecified atom stereocenters. The van der Waals surface area contributed by atoms with Crippen molar-refractivity contribution in [2.45, 2.75) is 25.8 Å². The zero-order valence-corrected chi connectivity index (χ0v) is 9.93. The second kappa shape index (κ2) is 6.17. The highest BCUT2D eigenvalue weighted by Crippen LogP contribution is 2.23. The van der Waals surface area contributed by atoms with E-state index in [1.165, 1.54) is 4.88 Å². The summed E-state index contributed by atoms with van der Waals surface area (Å²) in [6.07, 6.45) is 0. The molecule has 14 heavy (non-hydrogen) atoms. The standard InChI is InChI=1S/C11H19NOS/c1-9(11-5-4-8-14-11)10(2)12-6-7-13-3/h4-5,8-10,12H,6-7H2,1-3H3. The molecule has 80 valence electrons. The lowest BCUT2D eigenvalue weighted by molar-refractivity contribution is 0.195. The largest absolute Gasteiger partial charge is 0.383 e. The lowest BCUT2D eigenvalue weighted by Gasteiger charge is -2.20. The van der Waals surface area contributed by atoms with Crippen molar-refractivity contribution in [3.8, 4) is 0 Å². The second-order valence-electron chi connectivity index (χ2n) is 3.54. The first-order valence-electron chi connectivity index (χ1n) is 5.01. The van der Waals surface area contributed by atoms with Gasteiger partial charge in [-0.15, -0.1) is 11.3 Å². The molecule has 0 aliphatic carbocycles. The quantitative estimate of drug-likeness (QED) is 0.733. The molecule has 0 aliphatic heterocycles. The van der Waals surface area contributed by atoms with Crippen molar-refractivity contribution >= 4 is 11.3 Å². The van der Waals surface area contributed by atoms with E-state index in [0.29, 0.717) is 12.0 Å². The van der Waals surface area contributed by atoms with E-state index in [-0.39, 0.29) is 0 Å². The van der Waals surface area contributed by atoms with Crippen LogP contribution >= 0.6 is 11.3 Å².